The summed E-state index contributed by atoms with van der Waals surface area (Å²) in [4.78, 5) is 59.5. The van der Waals surface area contributed by atoms with E-state index in [1.54, 1.807) is 28.9 Å². The molecule has 3 fully saturated rings. The standard InChI is InChI=1S/C38H55N3O7/c1-7-10-15-22-40(21-9-3)36(45)34-38-20-19-29(48-38)31(32(38)35(44)41(34)28(24-42)23-25(4)5)37(46)47-33(27-16-13-12-14-17-27)26(6)39-30(43)18-11-8-2/h8-9,12-14,16-17,25-26,28-29,31-34,42H,2-3,7,10-11,15,18-24H2,1,4-6H3,(H,39,43)/t26-,28-,29+,31-,32-,33-,34+,38-/m1/s1. The van der Waals surface area contributed by atoms with Crippen LogP contribution in [0, 0.1) is 17.8 Å². The van der Waals surface area contributed by atoms with Crippen LogP contribution in [0.25, 0.3) is 0 Å². The van der Waals surface area contributed by atoms with Crippen LogP contribution in [0.15, 0.2) is 55.6 Å². The van der Waals surface area contributed by atoms with Gasteiger partial charge >= 0.3 is 5.97 Å². The van der Waals surface area contributed by atoms with Crippen molar-refractivity contribution in [3.63, 3.8) is 0 Å². The van der Waals surface area contributed by atoms with E-state index in [4.69, 9.17) is 9.47 Å². The number of likely N-dealkylation sites (tertiary alicyclic amines) is 1. The molecule has 1 aromatic rings. The zero-order chi connectivity index (χ0) is 35.0. The molecule has 4 rings (SSSR count). The number of aliphatic hydroxyl groups excluding tert-OH is 1. The maximum absolute atomic E-state index is 14.6. The fourth-order valence-electron chi connectivity index (χ4n) is 7.96. The number of aliphatic hydroxyl groups is 1. The number of hydrogen-bond donors (Lipinski definition) is 2. The topological polar surface area (TPSA) is 125 Å². The second-order valence-electron chi connectivity index (χ2n) is 14.0. The number of carbonyl (C=O) groups is 4. The van der Waals surface area contributed by atoms with Crippen LogP contribution in [0.2, 0.25) is 0 Å². The van der Waals surface area contributed by atoms with Gasteiger partial charge in [-0.15, -0.1) is 13.2 Å². The summed E-state index contributed by atoms with van der Waals surface area (Å²) in [5.74, 6) is -3.10. The first-order valence-corrected chi connectivity index (χ1v) is 17.7. The van der Waals surface area contributed by atoms with E-state index < -0.39 is 53.7 Å². The molecular weight excluding hydrogens is 610 g/mol. The van der Waals surface area contributed by atoms with Crippen LogP contribution in [0.5, 0.6) is 0 Å². The Labute approximate surface area is 285 Å². The van der Waals surface area contributed by atoms with E-state index in [0.717, 1.165) is 19.3 Å². The van der Waals surface area contributed by atoms with Gasteiger partial charge in [-0.25, -0.2) is 0 Å². The van der Waals surface area contributed by atoms with E-state index in [2.05, 4.69) is 25.4 Å². The molecule has 0 unspecified atom stereocenters. The number of fused-ring (bicyclic) bond motifs is 1. The Balaban J connectivity index is 1.69. The molecule has 1 aromatic carbocycles. The van der Waals surface area contributed by atoms with Gasteiger partial charge in [0.05, 0.1) is 36.6 Å². The molecule has 2 N–H and O–H groups in total. The zero-order valence-corrected chi connectivity index (χ0v) is 29.1. The van der Waals surface area contributed by atoms with E-state index in [0.29, 0.717) is 44.3 Å². The second-order valence-corrected chi connectivity index (χ2v) is 14.0. The minimum Gasteiger partial charge on any atom is -0.455 e. The number of allylic oxidation sites excluding steroid dienone is 1. The van der Waals surface area contributed by atoms with Crippen molar-refractivity contribution in [2.75, 3.05) is 19.7 Å². The van der Waals surface area contributed by atoms with Crippen molar-refractivity contribution in [1.29, 1.82) is 0 Å². The van der Waals surface area contributed by atoms with Crippen LogP contribution in [-0.2, 0) is 28.7 Å². The molecule has 0 aliphatic carbocycles. The van der Waals surface area contributed by atoms with Gasteiger partial charge in [0.2, 0.25) is 17.7 Å². The maximum atomic E-state index is 14.6. The SMILES string of the molecule is C=CCCC(=O)N[C@H](C)[C@@H](OC(=O)[C@@H]1[C@@H]2CC[C@]3(O2)[C@H](C(=O)N(CC=C)CCCCC)N([C@@H](CO)CC(C)C)C(=O)[C@@H]13)c1ccccc1. The largest absolute Gasteiger partial charge is 0.455 e. The molecule has 10 nitrogen and oxygen atoms in total. The summed E-state index contributed by atoms with van der Waals surface area (Å²) in [6.07, 6.45) is 6.91. The summed E-state index contributed by atoms with van der Waals surface area (Å²) in [7, 11) is 0. The number of benzene rings is 1. The third kappa shape index (κ3) is 7.70. The minimum absolute atomic E-state index is 0.144. The fraction of sp³-hybridized carbons (Fsp3) is 0.632. The van der Waals surface area contributed by atoms with Crippen LogP contribution < -0.4 is 5.32 Å². The van der Waals surface area contributed by atoms with Crippen molar-refractivity contribution in [3.8, 4) is 0 Å². The monoisotopic (exact) mass is 665 g/mol. The molecule has 1 spiro atoms. The third-order valence-electron chi connectivity index (χ3n) is 10.1. The Morgan fingerprint density at radius 2 is 1.90 bits per heavy atom. The van der Waals surface area contributed by atoms with Crippen molar-refractivity contribution >= 4 is 23.7 Å². The Morgan fingerprint density at radius 3 is 2.52 bits per heavy atom. The van der Waals surface area contributed by atoms with E-state index in [9.17, 15) is 24.3 Å². The van der Waals surface area contributed by atoms with Gasteiger partial charge in [-0.3, -0.25) is 19.2 Å². The molecule has 3 aliphatic heterocycles. The predicted octanol–water partition coefficient (Wildman–Crippen LogP) is 4.73. The van der Waals surface area contributed by atoms with Gasteiger partial charge in [-0.1, -0.05) is 76.1 Å². The highest BCUT2D eigenvalue weighted by molar-refractivity contribution is 5.98. The first kappa shape index (κ1) is 37.3. The lowest BCUT2D eigenvalue weighted by Gasteiger charge is -2.39. The molecule has 3 amide bonds. The van der Waals surface area contributed by atoms with Gasteiger partial charge in [0.1, 0.15) is 17.7 Å². The molecule has 48 heavy (non-hydrogen) atoms. The van der Waals surface area contributed by atoms with E-state index in [1.807, 2.05) is 44.2 Å². The smallest absolute Gasteiger partial charge is 0.313 e. The Bertz CT molecular complexity index is 1300. The van der Waals surface area contributed by atoms with Gasteiger partial charge in [0.15, 0.2) is 0 Å². The Morgan fingerprint density at radius 1 is 1.17 bits per heavy atom. The average molecular weight is 666 g/mol. The maximum Gasteiger partial charge on any atom is 0.313 e. The van der Waals surface area contributed by atoms with Gasteiger partial charge < -0.3 is 29.7 Å². The zero-order valence-electron chi connectivity index (χ0n) is 29.1. The molecule has 264 valence electrons. The highest BCUT2D eigenvalue weighted by Crippen LogP contribution is 2.59. The number of ether oxygens (including phenoxy) is 2. The van der Waals surface area contributed by atoms with E-state index in [1.165, 1.54) is 0 Å². The number of unbranched alkanes of at least 4 members (excludes halogenated alkanes) is 2. The van der Waals surface area contributed by atoms with Crippen LogP contribution >= 0.6 is 0 Å². The first-order valence-electron chi connectivity index (χ1n) is 17.7. The van der Waals surface area contributed by atoms with Gasteiger partial charge in [-0.05, 0) is 50.5 Å². The molecule has 2 bridgehead atoms. The average Bonchev–Trinajstić information content (AvgIpc) is 3.72. The normalized spacial score (nSPS) is 26.1. The van der Waals surface area contributed by atoms with E-state index >= 15 is 0 Å². The third-order valence-corrected chi connectivity index (χ3v) is 10.1. The lowest BCUT2D eigenvalue weighted by atomic mass is 9.70. The second kappa shape index (κ2) is 16.7. The lowest BCUT2D eigenvalue weighted by Crippen LogP contribution is -2.59. The fourth-order valence-corrected chi connectivity index (χ4v) is 7.96. The first-order chi connectivity index (χ1) is 23.0. The molecule has 10 heteroatoms. The number of nitrogens with one attached hydrogen (secondary N) is 1. The number of esters is 1. The number of hydrogen-bond acceptors (Lipinski definition) is 7. The molecule has 3 saturated heterocycles. The van der Waals surface area contributed by atoms with Crippen molar-refractivity contribution in [3.05, 3.63) is 61.2 Å². The predicted molar refractivity (Wildman–Crippen MR) is 183 cm³/mol. The lowest BCUT2D eigenvalue weighted by molar-refractivity contribution is -0.162. The summed E-state index contributed by atoms with van der Waals surface area (Å²) in [6.45, 7) is 16.0. The number of nitrogens with zero attached hydrogens (tertiary/aromatic N) is 2. The summed E-state index contributed by atoms with van der Waals surface area (Å²) < 4.78 is 12.9. The van der Waals surface area contributed by atoms with Gasteiger partial charge in [-0.2, -0.15) is 0 Å². The number of amides is 3. The van der Waals surface area contributed by atoms with E-state index in [-0.39, 0.29) is 36.7 Å². The Hall–Kier alpha value is -3.50. The quantitative estimate of drug-likeness (QED) is 0.124. The summed E-state index contributed by atoms with van der Waals surface area (Å²) in [5, 5.41) is 13.6. The molecule has 0 saturated carbocycles. The van der Waals surface area contributed by atoms with Gasteiger partial charge in [0.25, 0.3) is 0 Å². The molecule has 3 heterocycles. The summed E-state index contributed by atoms with van der Waals surface area (Å²) in [5.41, 5.74) is -0.512. The van der Waals surface area contributed by atoms with Crippen LogP contribution in [0.1, 0.15) is 90.7 Å². The molecule has 0 radical (unpaired) electrons. The summed E-state index contributed by atoms with van der Waals surface area (Å²) in [6, 6.07) is 7.05. The molecular formula is C38H55N3O7. The summed E-state index contributed by atoms with van der Waals surface area (Å²) >= 11 is 0. The van der Waals surface area contributed by atoms with Crippen molar-refractivity contribution in [2.24, 2.45) is 17.8 Å². The molecule has 3 aliphatic rings. The van der Waals surface area contributed by atoms with Crippen LogP contribution in [0.4, 0.5) is 0 Å². The number of carbonyl (C=O) groups excluding carboxylic acids is 4. The van der Waals surface area contributed by atoms with Crippen molar-refractivity contribution in [2.45, 2.75) is 115 Å². The minimum atomic E-state index is -1.22. The Kier molecular flexibility index (Phi) is 13.0. The highest BCUT2D eigenvalue weighted by Gasteiger charge is 2.75. The van der Waals surface area contributed by atoms with Gasteiger partial charge in [0, 0.05) is 19.5 Å². The van der Waals surface area contributed by atoms with Crippen molar-refractivity contribution in [1.82, 2.24) is 15.1 Å². The van der Waals surface area contributed by atoms with Crippen LogP contribution in [-0.4, -0.2) is 88.1 Å². The van der Waals surface area contributed by atoms with Crippen molar-refractivity contribution < 1.29 is 33.8 Å². The number of rotatable bonds is 19. The highest BCUT2D eigenvalue weighted by atomic mass is 16.6. The van der Waals surface area contributed by atoms with Crippen LogP contribution in [0.3, 0.4) is 0 Å². The molecule has 0 aromatic heterocycles. The molecule has 8 atom stereocenters.